The largest absolute Gasteiger partial charge is 0.283 e. The number of hydrogen-bond acceptors (Lipinski definition) is 1. The molecule has 0 fully saturated rings. The molecule has 0 aliphatic rings. The van der Waals surface area contributed by atoms with Crippen LogP contribution in [0.25, 0.3) is 0 Å². The first-order valence-corrected chi connectivity index (χ1v) is 4.20. The van der Waals surface area contributed by atoms with E-state index in [-0.39, 0.29) is 3.79 Å². The molecule has 10 heavy (non-hydrogen) atoms. The fraction of sp³-hybridized carbons (Fsp3) is 0.375. The highest BCUT2D eigenvalue weighted by atomic mass is 127. The Balaban J connectivity index is 4.41. The van der Waals surface area contributed by atoms with Gasteiger partial charge in [0.05, 0.1) is 0 Å². The molecule has 0 saturated carbocycles. The van der Waals surface area contributed by atoms with Crippen molar-refractivity contribution in [2.75, 3.05) is 0 Å². The van der Waals surface area contributed by atoms with Gasteiger partial charge in [-0.05, 0) is 5.92 Å². The molecule has 0 aromatic carbocycles. The minimum absolute atomic E-state index is 0.104. The summed E-state index contributed by atoms with van der Waals surface area (Å²) >= 11 is 1.79. The average molecular weight is 250 g/mol. The predicted octanol–water partition coefficient (Wildman–Crippen LogP) is 2.72. The van der Waals surface area contributed by atoms with Crippen LogP contribution in [0.5, 0.6) is 0 Å². The van der Waals surface area contributed by atoms with Crippen LogP contribution >= 0.6 is 22.6 Å². The molecule has 0 N–H and O–H groups in total. The Bertz CT molecular complexity index is 168. The van der Waals surface area contributed by atoms with Crippen molar-refractivity contribution in [3.05, 3.63) is 24.3 Å². The first-order valence-electron chi connectivity index (χ1n) is 3.12. The normalized spacial score (nSPS) is 11.8. The minimum atomic E-state index is 0.104. The summed E-state index contributed by atoms with van der Waals surface area (Å²) in [5, 5.41) is 0. The second-order valence-corrected chi connectivity index (χ2v) is 3.27. The van der Waals surface area contributed by atoms with E-state index in [0.29, 0.717) is 5.92 Å². The molecule has 0 bridgehead atoms. The van der Waals surface area contributed by atoms with E-state index >= 15 is 0 Å². The van der Waals surface area contributed by atoms with Gasteiger partial charge < -0.3 is 0 Å². The molecule has 56 valence electrons. The van der Waals surface area contributed by atoms with Crippen LogP contribution in [0.1, 0.15) is 13.8 Å². The lowest BCUT2D eigenvalue weighted by Crippen LogP contribution is -2.00. The molecule has 0 saturated heterocycles. The quantitative estimate of drug-likeness (QED) is 0.326. The van der Waals surface area contributed by atoms with Crippen molar-refractivity contribution < 1.29 is 4.79 Å². The highest BCUT2D eigenvalue weighted by Gasteiger charge is 2.07. The molecule has 0 aliphatic heterocycles. The number of hydrogen-bond donors (Lipinski definition) is 0. The Kier molecular flexibility index (Phi) is 4.60. The molecule has 0 atom stereocenters. The monoisotopic (exact) mass is 250 g/mol. The van der Waals surface area contributed by atoms with E-state index in [0.717, 1.165) is 5.57 Å². The van der Waals surface area contributed by atoms with Gasteiger partial charge in [0.2, 0.25) is 3.79 Å². The van der Waals surface area contributed by atoms with Crippen LogP contribution in [0.2, 0.25) is 0 Å². The third-order valence-electron chi connectivity index (χ3n) is 1.15. The zero-order valence-corrected chi connectivity index (χ0v) is 8.38. The van der Waals surface area contributed by atoms with Crippen LogP contribution in [0, 0.1) is 5.92 Å². The van der Waals surface area contributed by atoms with Crippen molar-refractivity contribution in [3.8, 4) is 0 Å². The van der Waals surface area contributed by atoms with Gasteiger partial charge in [0, 0.05) is 28.2 Å². The summed E-state index contributed by atoms with van der Waals surface area (Å²) in [6.07, 6.45) is 3.41. The van der Waals surface area contributed by atoms with E-state index in [1.807, 2.05) is 13.8 Å². The molecule has 0 aromatic rings. The van der Waals surface area contributed by atoms with E-state index < -0.39 is 0 Å². The summed E-state index contributed by atoms with van der Waals surface area (Å²) in [6.45, 7) is 7.52. The maximum atomic E-state index is 10.8. The van der Waals surface area contributed by atoms with Gasteiger partial charge in [0.15, 0.2) is 0 Å². The molecule has 0 aliphatic carbocycles. The van der Waals surface area contributed by atoms with Crippen molar-refractivity contribution in [1.29, 1.82) is 0 Å². The zero-order chi connectivity index (χ0) is 8.15. The third-order valence-corrected chi connectivity index (χ3v) is 1.77. The van der Waals surface area contributed by atoms with Gasteiger partial charge in [0.1, 0.15) is 0 Å². The molecule has 1 nitrogen and oxygen atoms in total. The van der Waals surface area contributed by atoms with E-state index in [4.69, 9.17) is 0 Å². The molecular weight excluding hydrogens is 239 g/mol. The maximum absolute atomic E-state index is 10.8. The lowest BCUT2D eigenvalue weighted by atomic mass is 10.1. The van der Waals surface area contributed by atoms with Gasteiger partial charge in [-0.1, -0.05) is 32.6 Å². The van der Waals surface area contributed by atoms with Crippen LogP contribution in [0.3, 0.4) is 0 Å². The third kappa shape index (κ3) is 3.15. The molecule has 2 heteroatoms. The lowest BCUT2D eigenvalue weighted by molar-refractivity contribution is -0.106. The number of carbonyl (C=O) groups excluding carboxylic acids is 1. The van der Waals surface area contributed by atoms with E-state index in [9.17, 15) is 4.79 Å². The van der Waals surface area contributed by atoms with Crippen molar-refractivity contribution in [2.45, 2.75) is 13.8 Å². The molecule has 0 rings (SSSR count). The van der Waals surface area contributed by atoms with Crippen LogP contribution in [-0.2, 0) is 4.79 Å². The van der Waals surface area contributed by atoms with E-state index in [1.54, 1.807) is 34.7 Å². The summed E-state index contributed by atoms with van der Waals surface area (Å²) in [4.78, 5) is 10.8. The Morgan fingerprint density at radius 2 is 2.10 bits per heavy atom. The molecule has 0 spiro atoms. The average Bonchev–Trinajstić information content (AvgIpc) is 1.81. The van der Waals surface area contributed by atoms with Crippen molar-refractivity contribution >= 4 is 26.4 Å². The second-order valence-electron chi connectivity index (χ2n) is 2.29. The SMILES string of the molecule is C=C/C=C(/C(=O)I)C(C)C. The zero-order valence-electron chi connectivity index (χ0n) is 6.23. The molecule has 0 unspecified atom stereocenters. The van der Waals surface area contributed by atoms with Crippen LogP contribution in [0.15, 0.2) is 24.3 Å². The molecule has 0 radical (unpaired) electrons. The molecule has 0 aromatic heterocycles. The number of halogens is 1. The fourth-order valence-electron chi connectivity index (χ4n) is 0.612. The molecule has 0 heterocycles. The van der Waals surface area contributed by atoms with Crippen molar-refractivity contribution in [2.24, 2.45) is 5.92 Å². The van der Waals surface area contributed by atoms with Gasteiger partial charge in [-0.15, -0.1) is 0 Å². The Morgan fingerprint density at radius 1 is 1.60 bits per heavy atom. The van der Waals surface area contributed by atoms with E-state index in [1.165, 1.54) is 0 Å². The molecular formula is C8H11IO. The molecule has 0 amide bonds. The van der Waals surface area contributed by atoms with E-state index in [2.05, 4.69) is 6.58 Å². The Hall–Kier alpha value is -0.120. The van der Waals surface area contributed by atoms with Crippen LogP contribution < -0.4 is 0 Å². The first kappa shape index (κ1) is 9.88. The van der Waals surface area contributed by atoms with Gasteiger partial charge >= 0.3 is 0 Å². The first-order chi connectivity index (χ1) is 4.59. The standard InChI is InChI=1S/C8H11IO/c1-4-5-7(6(2)3)8(9)10/h4-6H,1H2,2-3H3/b7-5+. The minimum Gasteiger partial charge on any atom is -0.283 e. The van der Waals surface area contributed by atoms with Gasteiger partial charge in [-0.25, -0.2) is 0 Å². The summed E-state index contributed by atoms with van der Waals surface area (Å²) in [5.74, 6) is 0.294. The van der Waals surface area contributed by atoms with Crippen LogP contribution in [-0.4, -0.2) is 3.79 Å². The Morgan fingerprint density at radius 3 is 2.20 bits per heavy atom. The van der Waals surface area contributed by atoms with Gasteiger partial charge in [0.25, 0.3) is 0 Å². The fourth-order valence-corrected chi connectivity index (χ4v) is 1.41. The predicted molar refractivity (Wildman–Crippen MR) is 52.1 cm³/mol. The maximum Gasteiger partial charge on any atom is 0.218 e. The van der Waals surface area contributed by atoms with Crippen molar-refractivity contribution in [3.63, 3.8) is 0 Å². The van der Waals surface area contributed by atoms with Gasteiger partial charge in [-0.3, -0.25) is 4.79 Å². The summed E-state index contributed by atoms with van der Waals surface area (Å²) < 4.78 is 0.104. The highest BCUT2D eigenvalue weighted by molar-refractivity contribution is 14.1. The lowest BCUT2D eigenvalue weighted by Gasteiger charge is -2.03. The van der Waals surface area contributed by atoms with Crippen LogP contribution in [0.4, 0.5) is 0 Å². The number of rotatable bonds is 3. The number of allylic oxidation sites excluding steroid dienone is 3. The second kappa shape index (κ2) is 4.66. The topological polar surface area (TPSA) is 17.1 Å². The highest BCUT2D eigenvalue weighted by Crippen LogP contribution is 2.13. The summed E-state index contributed by atoms with van der Waals surface area (Å²) in [6, 6.07) is 0. The smallest absolute Gasteiger partial charge is 0.218 e. The Labute approximate surface area is 75.3 Å². The summed E-state index contributed by atoms with van der Waals surface area (Å²) in [7, 11) is 0. The van der Waals surface area contributed by atoms with Gasteiger partial charge in [-0.2, -0.15) is 0 Å². The summed E-state index contributed by atoms with van der Waals surface area (Å²) in [5.41, 5.74) is 0.829. The number of carbonyl (C=O) groups is 1. The van der Waals surface area contributed by atoms with Crippen molar-refractivity contribution in [1.82, 2.24) is 0 Å².